The van der Waals surface area contributed by atoms with Crippen molar-refractivity contribution in [3.05, 3.63) is 59.7 Å². The molecule has 2 aliphatic rings. The van der Waals surface area contributed by atoms with Gasteiger partial charge in [0.1, 0.15) is 18.2 Å². The molecule has 1 unspecified atom stereocenters. The van der Waals surface area contributed by atoms with Gasteiger partial charge >= 0.3 is 6.09 Å². The molecule has 0 bridgehead atoms. The molecule has 0 spiro atoms. The quantitative estimate of drug-likeness (QED) is 0.436. The molecule has 2 fully saturated rings. The zero-order chi connectivity index (χ0) is 23.8. The van der Waals surface area contributed by atoms with Crippen molar-refractivity contribution in [2.45, 2.75) is 51.0 Å². The first-order valence-corrected chi connectivity index (χ1v) is 11.2. The molecule has 8 nitrogen and oxygen atoms in total. The van der Waals surface area contributed by atoms with E-state index in [1.807, 2.05) is 12.1 Å². The summed E-state index contributed by atoms with van der Waals surface area (Å²) < 4.78 is 11.3. The van der Waals surface area contributed by atoms with Gasteiger partial charge in [0.25, 0.3) is 5.97 Å². The Balaban J connectivity index is 0.000000709. The highest BCUT2D eigenvalue weighted by Gasteiger charge is 2.33. The molecule has 1 amide bonds. The third-order valence-electron chi connectivity index (χ3n) is 5.74. The third kappa shape index (κ3) is 6.97. The van der Waals surface area contributed by atoms with Crippen LogP contribution in [-0.2, 0) is 9.53 Å². The van der Waals surface area contributed by atoms with Crippen molar-refractivity contribution >= 4 is 23.6 Å². The maximum Gasteiger partial charge on any atom is 0.414 e. The summed E-state index contributed by atoms with van der Waals surface area (Å²) in [6.45, 7) is 1.79. The fraction of sp³-hybridized carbons (Fsp3) is 0.400. The second kappa shape index (κ2) is 11.4. The van der Waals surface area contributed by atoms with Crippen molar-refractivity contribution in [1.82, 2.24) is 0 Å². The van der Waals surface area contributed by atoms with E-state index in [9.17, 15) is 4.79 Å². The largest absolute Gasteiger partial charge is 0.490 e. The Hall–Kier alpha value is -3.55. The maximum absolute atomic E-state index is 12.3. The van der Waals surface area contributed by atoms with E-state index in [2.05, 4.69) is 12.1 Å². The number of carboxylic acids is 1. The van der Waals surface area contributed by atoms with Crippen LogP contribution in [0.3, 0.4) is 0 Å². The number of ether oxygens (including phenoxy) is 2. The number of aliphatic carboxylic acids is 1. The molecule has 176 valence electrons. The summed E-state index contributed by atoms with van der Waals surface area (Å²) in [6, 6.07) is 15.4. The van der Waals surface area contributed by atoms with Crippen LogP contribution in [0.25, 0.3) is 0 Å². The Morgan fingerprint density at radius 3 is 2.48 bits per heavy atom. The Kier molecular flexibility index (Phi) is 8.29. The second-order valence-corrected chi connectivity index (χ2v) is 8.31. The number of hydrogen-bond donors (Lipinski definition) is 3. The zero-order valence-electron chi connectivity index (χ0n) is 18.8. The van der Waals surface area contributed by atoms with E-state index in [4.69, 9.17) is 30.5 Å². The lowest BCUT2D eigenvalue weighted by molar-refractivity contribution is -0.134. The molecule has 0 radical (unpaired) electrons. The Morgan fingerprint density at radius 1 is 1.18 bits per heavy atom. The van der Waals surface area contributed by atoms with Crippen molar-refractivity contribution in [2.75, 3.05) is 18.1 Å². The van der Waals surface area contributed by atoms with E-state index >= 15 is 0 Å². The number of rotatable bonds is 6. The van der Waals surface area contributed by atoms with Crippen LogP contribution in [0, 0.1) is 5.41 Å². The van der Waals surface area contributed by atoms with Gasteiger partial charge in [0.2, 0.25) is 0 Å². The minimum absolute atomic E-state index is 0.0315. The van der Waals surface area contributed by atoms with Gasteiger partial charge in [-0.1, -0.05) is 43.5 Å². The molecule has 4 rings (SSSR count). The molecule has 1 atom stereocenters. The number of carboxylic acid groups (broad SMARTS) is 1. The van der Waals surface area contributed by atoms with Gasteiger partial charge in [-0.2, -0.15) is 0 Å². The molecular formula is C25H31N3O5. The van der Waals surface area contributed by atoms with Crippen LogP contribution in [0.1, 0.15) is 56.1 Å². The van der Waals surface area contributed by atoms with Crippen molar-refractivity contribution in [1.29, 1.82) is 5.41 Å². The zero-order valence-corrected chi connectivity index (χ0v) is 18.8. The van der Waals surface area contributed by atoms with Crippen molar-refractivity contribution in [2.24, 2.45) is 5.73 Å². The topological polar surface area (TPSA) is 126 Å². The lowest BCUT2D eigenvalue weighted by Crippen LogP contribution is -2.27. The summed E-state index contributed by atoms with van der Waals surface area (Å²) in [7, 11) is 0. The van der Waals surface area contributed by atoms with Crippen LogP contribution >= 0.6 is 0 Å². The van der Waals surface area contributed by atoms with E-state index in [0.29, 0.717) is 30.3 Å². The minimum atomic E-state index is -0.833. The molecule has 1 aliphatic carbocycles. The number of amidine groups is 1. The third-order valence-corrected chi connectivity index (χ3v) is 5.74. The van der Waals surface area contributed by atoms with Gasteiger partial charge in [0.05, 0.1) is 6.54 Å². The standard InChI is InChI=1S/C23H27N3O3.C2H4O2/c24-22(25)18-7-4-8-19(13-18)26-14-21(29-23(26)27)15-28-20-11-9-17(10-12-20)16-5-2-1-3-6-16;1-2(3)4/h4,7-13,16,21H,1-3,5-6,14-15H2,(H3,24,25);1H3,(H,3,4). The number of benzene rings is 2. The molecule has 1 saturated carbocycles. The Bertz CT molecular complexity index is 966. The monoisotopic (exact) mass is 453 g/mol. The van der Waals surface area contributed by atoms with Crippen LogP contribution < -0.4 is 15.4 Å². The number of anilines is 1. The summed E-state index contributed by atoms with van der Waals surface area (Å²) in [6.07, 6.45) is 5.79. The highest BCUT2D eigenvalue weighted by molar-refractivity contribution is 5.97. The van der Waals surface area contributed by atoms with E-state index in [1.165, 1.54) is 37.7 Å². The fourth-order valence-electron chi connectivity index (χ4n) is 4.12. The predicted octanol–water partition coefficient (Wildman–Crippen LogP) is 4.51. The van der Waals surface area contributed by atoms with Gasteiger partial charge in [-0.15, -0.1) is 0 Å². The van der Waals surface area contributed by atoms with Gasteiger partial charge in [-0.3, -0.25) is 15.1 Å². The smallest absolute Gasteiger partial charge is 0.414 e. The lowest BCUT2D eigenvalue weighted by Gasteiger charge is -2.22. The van der Waals surface area contributed by atoms with Crippen molar-refractivity contribution in [3.8, 4) is 5.75 Å². The average molecular weight is 454 g/mol. The number of nitrogens with two attached hydrogens (primary N) is 1. The number of cyclic esters (lactones) is 1. The molecule has 1 aliphatic heterocycles. The van der Waals surface area contributed by atoms with Gasteiger partial charge in [0.15, 0.2) is 6.10 Å². The lowest BCUT2D eigenvalue weighted by atomic mass is 9.84. The summed E-state index contributed by atoms with van der Waals surface area (Å²) in [4.78, 5) is 22.8. The number of nitrogens with one attached hydrogen (secondary N) is 1. The first-order valence-electron chi connectivity index (χ1n) is 11.2. The SMILES string of the molecule is CC(=O)O.N=C(N)c1cccc(N2CC(COc3ccc(C4CCCCC4)cc3)OC2=O)c1. The average Bonchev–Trinajstić information content (AvgIpc) is 3.19. The van der Waals surface area contributed by atoms with E-state index in [-0.39, 0.29) is 11.9 Å². The van der Waals surface area contributed by atoms with Gasteiger partial charge in [0, 0.05) is 18.2 Å². The fourth-order valence-corrected chi connectivity index (χ4v) is 4.12. The molecular weight excluding hydrogens is 422 g/mol. The number of carbonyl (C=O) groups is 2. The van der Waals surface area contributed by atoms with Crippen molar-refractivity contribution in [3.63, 3.8) is 0 Å². The molecule has 2 aromatic carbocycles. The van der Waals surface area contributed by atoms with E-state index < -0.39 is 12.1 Å². The number of nitrogens with zero attached hydrogens (tertiary/aromatic N) is 1. The van der Waals surface area contributed by atoms with Crippen LogP contribution in [0.2, 0.25) is 0 Å². The van der Waals surface area contributed by atoms with Gasteiger partial charge in [-0.25, -0.2) is 4.79 Å². The first-order chi connectivity index (χ1) is 15.8. The summed E-state index contributed by atoms with van der Waals surface area (Å²) in [5.74, 6) is 0.599. The van der Waals surface area contributed by atoms with E-state index in [0.717, 1.165) is 12.7 Å². The molecule has 1 heterocycles. The minimum Gasteiger partial charge on any atom is -0.490 e. The highest BCUT2D eigenvalue weighted by atomic mass is 16.6. The van der Waals surface area contributed by atoms with Gasteiger partial charge < -0.3 is 20.3 Å². The van der Waals surface area contributed by atoms with Crippen LogP contribution in [-0.4, -0.2) is 42.3 Å². The van der Waals surface area contributed by atoms with E-state index in [1.54, 1.807) is 29.2 Å². The maximum atomic E-state index is 12.3. The normalized spacial score (nSPS) is 18.2. The van der Waals surface area contributed by atoms with Gasteiger partial charge in [-0.05, 0) is 48.6 Å². The van der Waals surface area contributed by atoms with Crippen LogP contribution in [0.15, 0.2) is 48.5 Å². The first kappa shape index (κ1) is 24.1. The van der Waals surface area contributed by atoms with Crippen LogP contribution in [0.5, 0.6) is 5.75 Å². The number of amides is 1. The van der Waals surface area contributed by atoms with Crippen molar-refractivity contribution < 1.29 is 24.2 Å². The Labute approximate surface area is 193 Å². The Morgan fingerprint density at radius 2 is 1.85 bits per heavy atom. The molecule has 2 aromatic rings. The number of carbonyl (C=O) groups excluding carboxylic acids is 1. The summed E-state index contributed by atoms with van der Waals surface area (Å²) >= 11 is 0. The summed E-state index contributed by atoms with van der Waals surface area (Å²) in [5, 5.41) is 15.0. The highest BCUT2D eigenvalue weighted by Crippen LogP contribution is 2.33. The predicted molar refractivity (Wildman–Crippen MR) is 126 cm³/mol. The molecule has 33 heavy (non-hydrogen) atoms. The van der Waals surface area contributed by atoms with Crippen LogP contribution in [0.4, 0.5) is 10.5 Å². The number of hydrogen-bond acceptors (Lipinski definition) is 5. The molecule has 8 heteroatoms. The summed E-state index contributed by atoms with van der Waals surface area (Å²) in [5.41, 5.74) is 8.18. The molecule has 1 saturated heterocycles. The molecule has 0 aromatic heterocycles. The number of nitrogen functional groups attached to an aromatic ring is 1. The molecule has 4 N–H and O–H groups in total. The second-order valence-electron chi connectivity index (χ2n) is 8.31.